The Labute approximate surface area is 226 Å². The molecule has 0 atom stereocenters. The molecule has 12 heteroatoms. The van der Waals surface area contributed by atoms with Gasteiger partial charge >= 0.3 is 12.1 Å². The number of piperidine rings is 1. The minimum atomic E-state index is -0.585. The first-order valence-corrected chi connectivity index (χ1v) is 13.2. The molecule has 1 aliphatic heterocycles. The molecule has 39 heavy (non-hydrogen) atoms. The summed E-state index contributed by atoms with van der Waals surface area (Å²) in [6, 6.07) is 3.19. The van der Waals surface area contributed by atoms with Crippen LogP contribution in [0, 0.1) is 0 Å². The van der Waals surface area contributed by atoms with E-state index >= 15 is 0 Å². The normalized spacial score (nSPS) is 14.5. The van der Waals surface area contributed by atoms with E-state index < -0.39 is 11.6 Å². The number of fused-ring (bicyclic) bond motifs is 1. The lowest BCUT2D eigenvalue weighted by molar-refractivity contribution is -0.142. The zero-order chi connectivity index (χ0) is 28.3. The molecule has 1 fully saturated rings. The molecule has 3 aromatic rings. The lowest BCUT2D eigenvalue weighted by Crippen LogP contribution is -2.43. The molecule has 210 valence electrons. The first kappa shape index (κ1) is 28.1. The van der Waals surface area contributed by atoms with Gasteiger partial charge < -0.3 is 23.7 Å². The van der Waals surface area contributed by atoms with Crippen molar-refractivity contribution in [3.8, 4) is 11.6 Å². The highest BCUT2D eigenvalue weighted by molar-refractivity contribution is 5.84. The third kappa shape index (κ3) is 6.04. The molecular weight excluding hydrogens is 504 g/mol. The Bertz CT molecular complexity index is 1410. The van der Waals surface area contributed by atoms with Crippen LogP contribution in [0.2, 0.25) is 0 Å². The molecule has 0 unspecified atom stereocenters. The molecule has 1 aliphatic rings. The average molecular weight is 541 g/mol. The fraction of sp³-hybridized carbons (Fsp3) is 0.556. The molecule has 4 rings (SSSR count). The topological polar surface area (TPSA) is 131 Å². The number of carbonyl (C=O) groups is 2. The Hall–Kier alpha value is -3.96. The van der Waals surface area contributed by atoms with E-state index in [9.17, 15) is 14.4 Å². The summed E-state index contributed by atoms with van der Waals surface area (Å²) in [5, 5.41) is 9.17. The largest absolute Gasteiger partial charge is 0.481 e. The molecule has 3 aromatic heterocycles. The summed E-state index contributed by atoms with van der Waals surface area (Å²) < 4.78 is 17.7. The maximum Gasteiger partial charge on any atom is 0.410 e. The molecule has 12 nitrogen and oxygen atoms in total. The van der Waals surface area contributed by atoms with Gasteiger partial charge in [-0.15, -0.1) is 15.0 Å². The van der Waals surface area contributed by atoms with Gasteiger partial charge in [0.15, 0.2) is 5.52 Å². The van der Waals surface area contributed by atoms with Crippen molar-refractivity contribution in [3.63, 3.8) is 0 Å². The first-order valence-electron chi connectivity index (χ1n) is 13.2. The molecule has 1 amide bonds. The predicted molar refractivity (Wildman–Crippen MR) is 143 cm³/mol. The van der Waals surface area contributed by atoms with Gasteiger partial charge in [-0.1, -0.05) is 6.92 Å². The van der Waals surface area contributed by atoms with Crippen LogP contribution in [-0.4, -0.2) is 73.9 Å². The average Bonchev–Trinajstić information content (AvgIpc) is 3.35. The van der Waals surface area contributed by atoms with Crippen LogP contribution in [0.3, 0.4) is 0 Å². The summed E-state index contributed by atoms with van der Waals surface area (Å²) in [7, 11) is 1.51. The number of pyridine rings is 2. The SMILES string of the molecule is CCOC(=O)Cc1c(CC)n(C2CCN(C(=O)OC(C)(C)C)CC2)c(=O)c2nn(-c3ccnc(OC)c3)nc12. The van der Waals surface area contributed by atoms with E-state index in [0.717, 1.165) is 5.69 Å². The van der Waals surface area contributed by atoms with Crippen LogP contribution in [0.4, 0.5) is 4.79 Å². The number of aromatic nitrogens is 5. The van der Waals surface area contributed by atoms with E-state index in [1.165, 1.54) is 11.9 Å². The van der Waals surface area contributed by atoms with Crippen LogP contribution < -0.4 is 10.3 Å². The molecule has 0 radical (unpaired) electrons. The molecule has 0 spiro atoms. The molecule has 0 N–H and O–H groups in total. The lowest BCUT2D eigenvalue weighted by Gasteiger charge is -2.35. The van der Waals surface area contributed by atoms with Crippen molar-refractivity contribution < 1.29 is 23.8 Å². The number of hydrogen-bond acceptors (Lipinski definition) is 9. The van der Waals surface area contributed by atoms with Crippen LogP contribution in [0.5, 0.6) is 5.88 Å². The van der Waals surface area contributed by atoms with E-state index in [-0.39, 0.29) is 36.2 Å². The van der Waals surface area contributed by atoms with E-state index in [4.69, 9.17) is 14.2 Å². The van der Waals surface area contributed by atoms with Gasteiger partial charge in [0, 0.05) is 42.7 Å². The standard InChI is InChI=1S/C27H36N6O6/c1-7-20-19(16-22(34)38-8-2)23-24(30-33(29-23)18-9-12-28-21(15-18)37-6)25(35)32(20)17-10-13-31(14-11-17)26(36)39-27(3,4)5/h9,12,15,17H,7-8,10-11,13-14,16H2,1-6H3. The Morgan fingerprint density at radius 3 is 2.41 bits per heavy atom. The molecule has 0 saturated carbocycles. The van der Waals surface area contributed by atoms with Crippen molar-refractivity contribution in [1.29, 1.82) is 0 Å². The van der Waals surface area contributed by atoms with Gasteiger partial charge in [0.2, 0.25) is 5.88 Å². The molecule has 0 aromatic carbocycles. The van der Waals surface area contributed by atoms with Gasteiger partial charge in [0.05, 0.1) is 25.8 Å². The van der Waals surface area contributed by atoms with Crippen molar-refractivity contribution in [2.24, 2.45) is 0 Å². The summed E-state index contributed by atoms with van der Waals surface area (Å²) in [6.07, 6.45) is 2.79. The highest BCUT2D eigenvalue weighted by atomic mass is 16.6. The highest BCUT2D eigenvalue weighted by Crippen LogP contribution is 2.28. The lowest BCUT2D eigenvalue weighted by atomic mass is 10.00. The summed E-state index contributed by atoms with van der Waals surface area (Å²) in [5.74, 6) is -0.0254. The second-order valence-electron chi connectivity index (χ2n) is 10.4. The van der Waals surface area contributed by atoms with E-state index in [0.29, 0.717) is 55.0 Å². The maximum atomic E-state index is 13.9. The van der Waals surface area contributed by atoms with Crippen LogP contribution in [0.25, 0.3) is 16.7 Å². The minimum Gasteiger partial charge on any atom is -0.481 e. The number of hydrogen-bond donors (Lipinski definition) is 0. The Kier molecular flexibility index (Phi) is 8.22. The van der Waals surface area contributed by atoms with Gasteiger partial charge in [-0.25, -0.2) is 9.78 Å². The summed E-state index contributed by atoms with van der Waals surface area (Å²) in [5.41, 5.74) is 1.56. The van der Waals surface area contributed by atoms with Crippen molar-refractivity contribution in [2.75, 3.05) is 26.8 Å². The summed E-state index contributed by atoms with van der Waals surface area (Å²) >= 11 is 0. The Balaban J connectivity index is 1.78. The monoisotopic (exact) mass is 540 g/mol. The second-order valence-corrected chi connectivity index (χ2v) is 10.4. The van der Waals surface area contributed by atoms with Crippen molar-refractivity contribution in [1.82, 2.24) is 29.4 Å². The number of nitrogens with zero attached hydrogens (tertiary/aromatic N) is 6. The highest BCUT2D eigenvalue weighted by Gasteiger charge is 2.31. The first-order chi connectivity index (χ1) is 18.6. The van der Waals surface area contributed by atoms with Gasteiger partial charge in [-0.3, -0.25) is 9.59 Å². The minimum absolute atomic E-state index is 0.0388. The maximum absolute atomic E-state index is 13.9. The third-order valence-electron chi connectivity index (χ3n) is 6.56. The van der Waals surface area contributed by atoms with Gasteiger partial charge in [-0.05, 0) is 53.0 Å². The van der Waals surface area contributed by atoms with Crippen molar-refractivity contribution in [2.45, 2.75) is 71.9 Å². The van der Waals surface area contributed by atoms with Gasteiger partial charge in [0.25, 0.3) is 5.56 Å². The third-order valence-corrected chi connectivity index (χ3v) is 6.56. The summed E-state index contributed by atoms with van der Waals surface area (Å²) in [4.78, 5) is 46.3. The van der Waals surface area contributed by atoms with Crippen molar-refractivity contribution in [3.05, 3.63) is 39.9 Å². The number of methoxy groups -OCH3 is 1. The number of carbonyl (C=O) groups excluding carboxylic acids is 2. The molecule has 0 bridgehead atoms. The van der Waals surface area contributed by atoms with Crippen LogP contribution in [-0.2, 0) is 27.1 Å². The summed E-state index contributed by atoms with van der Waals surface area (Å²) in [6.45, 7) is 10.3. The number of amides is 1. The second kappa shape index (κ2) is 11.4. The number of ether oxygens (including phenoxy) is 3. The molecule has 0 aliphatic carbocycles. The molecule has 4 heterocycles. The number of likely N-dealkylation sites (tertiary alicyclic amines) is 1. The van der Waals surface area contributed by atoms with Crippen LogP contribution >= 0.6 is 0 Å². The fourth-order valence-electron chi connectivity index (χ4n) is 4.87. The predicted octanol–water partition coefficient (Wildman–Crippen LogP) is 3.23. The zero-order valence-electron chi connectivity index (χ0n) is 23.4. The van der Waals surface area contributed by atoms with E-state index in [2.05, 4.69) is 15.2 Å². The fourth-order valence-corrected chi connectivity index (χ4v) is 4.87. The van der Waals surface area contributed by atoms with Crippen LogP contribution in [0.15, 0.2) is 23.1 Å². The smallest absolute Gasteiger partial charge is 0.410 e. The van der Waals surface area contributed by atoms with Crippen LogP contribution in [0.1, 0.15) is 64.8 Å². The quantitative estimate of drug-likeness (QED) is 0.415. The Morgan fingerprint density at radius 1 is 1.10 bits per heavy atom. The number of rotatable bonds is 7. The van der Waals surface area contributed by atoms with Gasteiger partial charge in [0.1, 0.15) is 11.1 Å². The zero-order valence-corrected chi connectivity index (χ0v) is 23.4. The van der Waals surface area contributed by atoms with E-state index in [1.807, 2.05) is 27.7 Å². The Morgan fingerprint density at radius 2 is 1.79 bits per heavy atom. The van der Waals surface area contributed by atoms with Gasteiger partial charge in [-0.2, -0.15) is 0 Å². The molecule has 1 saturated heterocycles. The van der Waals surface area contributed by atoms with Crippen molar-refractivity contribution >= 4 is 23.1 Å². The number of esters is 1. The molecular formula is C27H36N6O6. The van der Waals surface area contributed by atoms with E-state index in [1.54, 1.807) is 34.7 Å².